The zero-order valence-corrected chi connectivity index (χ0v) is 10.1. The number of benzene rings is 1. The second kappa shape index (κ2) is 5.37. The summed E-state index contributed by atoms with van der Waals surface area (Å²) < 4.78 is 0. The number of aryl methyl sites for hydroxylation is 1. The minimum atomic E-state index is -0.522. The first kappa shape index (κ1) is 12.2. The van der Waals surface area contributed by atoms with Crippen molar-refractivity contribution < 1.29 is 9.59 Å². The summed E-state index contributed by atoms with van der Waals surface area (Å²) >= 11 is 0. The standard InChI is InChI=1S/C14H14N2O2/c1-2-5-13(17)15-12-9-8-10-6-3-4-7-11(10)16-14(12)18/h3-4,6-7,12H,8-9H2,1H3,(H,15,17)(H,16,18). The number of para-hydroxylation sites is 1. The predicted molar refractivity (Wildman–Crippen MR) is 68.8 cm³/mol. The van der Waals surface area contributed by atoms with Gasteiger partial charge in [-0.3, -0.25) is 9.59 Å². The Morgan fingerprint density at radius 2 is 2.22 bits per heavy atom. The van der Waals surface area contributed by atoms with Gasteiger partial charge in [0.2, 0.25) is 5.91 Å². The average molecular weight is 242 g/mol. The zero-order valence-electron chi connectivity index (χ0n) is 10.1. The van der Waals surface area contributed by atoms with Gasteiger partial charge < -0.3 is 10.6 Å². The van der Waals surface area contributed by atoms with E-state index in [9.17, 15) is 9.59 Å². The fraction of sp³-hybridized carbons (Fsp3) is 0.286. The van der Waals surface area contributed by atoms with Gasteiger partial charge >= 0.3 is 0 Å². The molecule has 1 aliphatic heterocycles. The predicted octanol–water partition coefficient (Wildman–Crippen LogP) is 1.08. The maximum Gasteiger partial charge on any atom is 0.296 e. The molecule has 0 aromatic heterocycles. The summed E-state index contributed by atoms with van der Waals surface area (Å²) in [5, 5.41) is 5.44. The maximum atomic E-state index is 11.9. The van der Waals surface area contributed by atoms with Crippen LogP contribution in [0.25, 0.3) is 0 Å². The fourth-order valence-corrected chi connectivity index (χ4v) is 1.96. The van der Waals surface area contributed by atoms with Crippen LogP contribution in [0, 0.1) is 11.8 Å². The van der Waals surface area contributed by atoms with E-state index in [-0.39, 0.29) is 5.91 Å². The first-order valence-corrected chi connectivity index (χ1v) is 5.82. The average Bonchev–Trinajstić information content (AvgIpc) is 2.50. The summed E-state index contributed by atoms with van der Waals surface area (Å²) in [7, 11) is 0. The fourth-order valence-electron chi connectivity index (χ4n) is 1.96. The van der Waals surface area contributed by atoms with Crippen molar-refractivity contribution in [1.29, 1.82) is 0 Å². The minimum Gasteiger partial charge on any atom is -0.333 e. The Bertz CT molecular complexity index is 540. The van der Waals surface area contributed by atoms with Crippen molar-refractivity contribution in [2.24, 2.45) is 0 Å². The molecule has 0 fully saturated rings. The van der Waals surface area contributed by atoms with E-state index in [2.05, 4.69) is 22.5 Å². The van der Waals surface area contributed by atoms with Gasteiger partial charge in [0.15, 0.2) is 0 Å². The highest BCUT2D eigenvalue weighted by Gasteiger charge is 2.24. The first-order valence-electron chi connectivity index (χ1n) is 5.82. The van der Waals surface area contributed by atoms with Gasteiger partial charge in [-0.1, -0.05) is 24.1 Å². The Kier molecular flexibility index (Phi) is 3.63. The second-order valence-corrected chi connectivity index (χ2v) is 4.09. The smallest absolute Gasteiger partial charge is 0.296 e. The molecule has 1 aromatic carbocycles. The number of anilines is 1. The molecule has 2 amide bonds. The lowest BCUT2D eigenvalue weighted by Crippen LogP contribution is -2.42. The maximum absolute atomic E-state index is 11.9. The van der Waals surface area contributed by atoms with Crippen molar-refractivity contribution >= 4 is 17.5 Å². The number of carbonyl (C=O) groups excluding carboxylic acids is 2. The van der Waals surface area contributed by atoms with Crippen molar-refractivity contribution in [3.8, 4) is 11.8 Å². The summed E-state index contributed by atoms with van der Waals surface area (Å²) in [6.45, 7) is 1.59. The number of hydrogen-bond donors (Lipinski definition) is 2. The zero-order chi connectivity index (χ0) is 13.0. The van der Waals surface area contributed by atoms with Crippen LogP contribution in [-0.4, -0.2) is 17.9 Å². The van der Waals surface area contributed by atoms with Crippen molar-refractivity contribution in [2.45, 2.75) is 25.8 Å². The monoisotopic (exact) mass is 242 g/mol. The highest BCUT2D eigenvalue weighted by atomic mass is 16.2. The summed E-state index contributed by atoms with van der Waals surface area (Å²) in [5.74, 6) is 4.28. The van der Waals surface area contributed by atoms with E-state index in [0.29, 0.717) is 6.42 Å². The Labute approximate surface area is 106 Å². The molecule has 0 bridgehead atoms. The molecule has 0 saturated heterocycles. The molecule has 2 N–H and O–H groups in total. The van der Waals surface area contributed by atoms with Crippen molar-refractivity contribution in [2.75, 3.05) is 5.32 Å². The molecule has 92 valence electrons. The molecule has 1 aliphatic rings. The van der Waals surface area contributed by atoms with Crippen molar-refractivity contribution in [3.05, 3.63) is 29.8 Å². The van der Waals surface area contributed by atoms with E-state index >= 15 is 0 Å². The molecule has 0 radical (unpaired) electrons. The molecule has 1 atom stereocenters. The quantitative estimate of drug-likeness (QED) is 0.724. The van der Waals surface area contributed by atoms with Crippen LogP contribution in [0.1, 0.15) is 18.9 Å². The summed E-state index contributed by atoms with van der Waals surface area (Å²) in [4.78, 5) is 23.3. The van der Waals surface area contributed by atoms with Crippen molar-refractivity contribution in [1.82, 2.24) is 5.32 Å². The van der Waals surface area contributed by atoms with Gasteiger partial charge in [-0.05, 0) is 37.3 Å². The molecule has 4 heteroatoms. The van der Waals surface area contributed by atoms with Gasteiger partial charge in [0.1, 0.15) is 6.04 Å². The summed E-state index contributed by atoms with van der Waals surface area (Å²) in [6, 6.07) is 7.13. The van der Waals surface area contributed by atoms with Crippen LogP contribution in [0.5, 0.6) is 0 Å². The number of rotatable bonds is 1. The highest BCUT2D eigenvalue weighted by molar-refractivity contribution is 6.01. The summed E-state index contributed by atoms with van der Waals surface area (Å²) in [5.41, 5.74) is 1.91. The van der Waals surface area contributed by atoms with Gasteiger partial charge in [0, 0.05) is 5.69 Å². The van der Waals surface area contributed by atoms with Crippen LogP contribution in [0.2, 0.25) is 0 Å². The van der Waals surface area contributed by atoms with Gasteiger partial charge in [-0.2, -0.15) is 0 Å². The third-order valence-electron chi connectivity index (χ3n) is 2.84. The lowest BCUT2D eigenvalue weighted by molar-refractivity contribution is -0.123. The van der Waals surface area contributed by atoms with Gasteiger partial charge in [0.25, 0.3) is 5.91 Å². The Hall–Kier alpha value is -2.28. The van der Waals surface area contributed by atoms with Crippen LogP contribution >= 0.6 is 0 Å². The normalized spacial score (nSPS) is 17.6. The first-order chi connectivity index (χ1) is 8.70. The van der Waals surface area contributed by atoms with Gasteiger partial charge in [0.05, 0.1) is 0 Å². The number of carbonyl (C=O) groups is 2. The lowest BCUT2D eigenvalue weighted by Gasteiger charge is -2.12. The molecule has 18 heavy (non-hydrogen) atoms. The summed E-state index contributed by atoms with van der Waals surface area (Å²) in [6.07, 6.45) is 1.33. The van der Waals surface area contributed by atoms with Gasteiger partial charge in [-0.15, -0.1) is 0 Å². The second-order valence-electron chi connectivity index (χ2n) is 4.09. The van der Waals surface area contributed by atoms with E-state index in [4.69, 9.17) is 0 Å². The number of amides is 2. The molecule has 0 aliphatic carbocycles. The lowest BCUT2D eigenvalue weighted by atomic mass is 10.1. The van der Waals surface area contributed by atoms with Crippen LogP contribution in [-0.2, 0) is 16.0 Å². The molecular weight excluding hydrogens is 228 g/mol. The van der Waals surface area contributed by atoms with Crippen LogP contribution in [0.4, 0.5) is 5.69 Å². The minimum absolute atomic E-state index is 0.189. The van der Waals surface area contributed by atoms with E-state index in [1.165, 1.54) is 0 Å². The Morgan fingerprint density at radius 3 is 3.00 bits per heavy atom. The van der Waals surface area contributed by atoms with E-state index in [0.717, 1.165) is 17.7 Å². The highest BCUT2D eigenvalue weighted by Crippen LogP contribution is 2.21. The number of hydrogen-bond acceptors (Lipinski definition) is 2. The van der Waals surface area contributed by atoms with E-state index in [1.54, 1.807) is 6.92 Å². The third kappa shape index (κ3) is 2.69. The third-order valence-corrected chi connectivity index (χ3v) is 2.84. The molecule has 1 aromatic rings. The molecule has 2 rings (SSSR count). The van der Waals surface area contributed by atoms with Gasteiger partial charge in [-0.25, -0.2) is 0 Å². The van der Waals surface area contributed by atoms with E-state index in [1.807, 2.05) is 24.3 Å². The van der Waals surface area contributed by atoms with Crippen LogP contribution in [0.3, 0.4) is 0 Å². The Morgan fingerprint density at radius 1 is 1.44 bits per heavy atom. The van der Waals surface area contributed by atoms with E-state index < -0.39 is 11.9 Å². The molecule has 0 saturated carbocycles. The Balaban J connectivity index is 2.12. The largest absolute Gasteiger partial charge is 0.333 e. The number of nitrogens with one attached hydrogen (secondary N) is 2. The SMILES string of the molecule is CC#CC(=O)NC1CCc2ccccc2NC1=O. The molecule has 1 heterocycles. The molecule has 4 nitrogen and oxygen atoms in total. The topological polar surface area (TPSA) is 58.2 Å². The molecular formula is C14H14N2O2. The van der Waals surface area contributed by atoms with Crippen LogP contribution < -0.4 is 10.6 Å². The molecule has 0 spiro atoms. The van der Waals surface area contributed by atoms with Crippen molar-refractivity contribution in [3.63, 3.8) is 0 Å². The number of fused-ring (bicyclic) bond motifs is 1. The molecule has 1 unspecified atom stereocenters. The van der Waals surface area contributed by atoms with Crippen LogP contribution in [0.15, 0.2) is 24.3 Å².